The summed E-state index contributed by atoms with van der Waals surface area (Å²) in [6, 6.07) is 7.17. The van der Waals surface area contributed by atoms with Crippen molar-refractivity contribution in [3.63, 3.8) is 0 Å². The minimum Gasteiger partial charge on any atom is -0.333 e. The molecule has 2 aromatic rings. The van der Waals surface area contributed by atoms with Gasteiger partial charge in [-0.05, 0) is 11.6 Å². The first kappa shape index (κ1) is 10.7. The number of rotatable bonds is 2. The molecule has 2 rings (SSSR count). The van der Waals surface area contributed by atoms with E-state index in [4.69, 9.17) is 11.6 Å². The van der Waals surface area contributed by atoms with E-state index < -0.39 is 0 Å². The fraction of sp³-hybridized carbons (Fsp3) is 0.0909. The van der Waals surface area contributed by atoms with Crippen LogP contribution in [0.1, 0.15) is 5.56 Å². The Hall–Kier alpha value is -1.81. The summed E-state index contributed by atoms with van der Waals surface area (Å²) in [6.07, 6.45) is 4.58. The van der Waals surface area contributed by atoms with Crippen LogP contribution in [0.5, 0.6) is 0 Å². The van der Waals surface area contributed by atoms with Crippen molar-refractivity contribution in [2.24, 2.45) is 0 Å². The molecule has 1 N–H and O–H groups in total. The Labute approximate surface area is 97.9 Å². The van der Waals surface area contributed by atoms with Crippen molar-refractivity contribution >= 4 is 17.6 Å². The van der Waals surface area contributed by atoms with Gasteiger partial charge in [0.1, 0.15) is 6.33 Å². The topological polar surface area (TPSA) is 46.9 Å². The van der Waals surface area contributed by atoms with Gasteiger partial charge in [-0.15, -0.1) is 0 Å². The molecule has 0 aliphatic rings. The zero-order valence-electron chi connectivity index (χ0n) is 8.43. The number of carbonyl (C=O) groups excluding carboxylic acids is 1. The summed E-state index contributed by atoms with van der Waals surface area (Å²) in [4.78, 5) is 15.4. The van der Waals surface area contributed by atoms with Crippen LogP contribution < -0.4 is 5.32 Å². The van der Waals surface area contributed by atoms with Crippen LogP contribution in [0.2, 0.25) is 5.02 Å². The molecule has 0 fully saturated rings. The molecule has 0 radical (unpaired) electrons. The van der Waals surface area contributed by atoms with Crippen molar-refractivity contribution in [2.75, 3.05) is 0 Å². The summed E-state index contributed by atoms with van der Waals surface area (Å²) in [7, 11) is 0. The summed E-state index contributed by atoms with van der Waals surface area (Å²) in [5.41, 5.74) is 0.887. The van der Waals surface area contributed by atoms with Crippen LogP contribution in [0.3, 0.4) is 0 Å². The van der Waals surface area contributed by atoms with Crippen molar-refractivity contribution in [3.8, 4) is 0 Å². The minimum absolute atomic E-state index is 0.225. The molecule has 4 nitrogen and oxygen atoms in total. The normalized spacial score (nSPS) is 10.1. The molecule has 0 bridgehead atoms. The van der Waals surface area contributed by atoms with Crippen LogP contribution in [-0.2, 0) is 6.54 Å². The molecule has 0 spiro atoms. The average molecular weight is 236 g/mol. The highest BCUT2D eigenvalue weighted by molar-refractivity contribution is 6.31. The lowest BCUT2D eigenvalue weighted by molar-refractivity contribution is 0.242. The Kier molecular flexibility index (Phi) is 3.22. The summed E-state index contributed by atoms with van der Waals surface area (Å²) in [5, 5.41) is 3.39. The Morgan fingerprint density at radius 1 is 1.44 bits per heavy atom. The van der Waals surface area contributed by atoms with Gasteiger partial charge < -0.3 is 5.32 Å². The van der Waals surface area contributed by atoms with Gasteiger partial charge in [0.25, 0.3) is 0 Å². The lowest BCUT2D eigenvalue weighted by atomic mass is 10.2. The van der Waals surface area contributed by atoms with Gasteiger partial charge in [-0.3, -0.25) is 4.57 Å². The Bertz CT molecular complexity index is 482. The van der Waals surface area contributed by atoms with E-state index in [1.54, 1.807) is 18.5 Å². The quantitative estimate of drug-likeness (QED) is 0.868. The van der Waals surface area contributed by atoms with Gasteiger partial charge >= 0.3 is 6.03 Å². The van der Waals surface area contributed by atoms with Gasteiger partial charge in [0.2, 0.25) is 0 Å². The van der Waals surface area contributed by atoms with E-state index in [1.807, 2.05) is 18.2 Å². The number of nitrogens with one attached hydrogen (secondary N) is 1. The summed E-state index contributed by atoms with van der Waals surface area (Å²) >= 11 is 5.96. The van der Waals surface area contributed by atoms with E-state index in [-0.39, 0.29) is 6.03 Å². The molecule has 16 heavy (non-hydrogen) atoms. The molecule has 82 valence electrons. The second kappa shape index (κ2) is 4.81. The van der Waals surface area contributed by atoms with Gasteiger partial charge in [0.15, 0.2) is 0 Å². The zero-order valence-corrected chi connectivity index (χ0v) is 9.19. The second-order valence-electron chi connectivity index (χ2n) is 3.22. The predicted molar refractivity (Wildman–Crippen MR) is 61.3 cm³/mol. The first-order valence-corrected chi connectivity index (χ1v) is 5.15. The monoisotopic (exact) mass is 235 g/mol. The lowest BCUT2D eigenvalue weighted by Gasteiger charge is -2.06. The SMILES string of the molecule is O=C(NCc1ccccc1Cl)n1ccnc1. The van der Waals surface area contributed by atoms with Crippen LogP contribution >= 0.6 is 11.6 Å². The molecule has 0 saturated heterocycles. The van der Waals surface area contributed by atoms with E-state index in [0.717, 1.165) is 5.56 Å². The van der Waals surface area contributed by atoms with E-state index >= 15 is 0 Å². The average Bonchev–Trinajstić information content (AvgIpc) is 2.81. The fourth-order valence-electron chi connectivity index (χ4n) is 1.28. The first-order valence-electron chi connectivity index (χ1n) is 4.77. The van der Waals surface area contributed by atoms with E-state index in [9.17, 15) is 4.79 Å². The van der Waals surface area contributed by atoms with Gasteiger partial charge in [-0.25, -0.2) is 9.78 Å². The molecule has 0 unspecified atom stereocenters. The van der Waals surface area contributed by atoms with Crippen LogP contribution in [0.25, 0.3) is 0 Å². The van der Waals surface area contributed by atoms with Gasteiger partial charge in [-0.1, -0.05) is 29.8 Å². The molecule has 0 saturated carbocycles. The first-order chi connectivity index (χ1) is 7.77. The van der Waals surface area contributed by atoms with Crippen molar-refractivity contribution in [3.05, 3.63) is 53.6 Å². The number of hydrogen-bond donors (Lipinski definition) is 1. The molecule has 0 aliphatic heterocycles. The van der Waals surface area contributed by atoms with Crippen LogP contribution in [0.4, 0.5) is 4.79 Å². The maximum Gasteiger partial charge on any atom is 0.327 e. The number of nitrogens with zero attached hydrogens (tertiary/aromatic N) is 2. The maximum atomic E-state index is 11.6. The molecule has 1 heterocycles. The molecule has 0 atom stereocenters. The van der Waals surface area contributed by atoms with Crippen molar-refractivity contribution in [1.82, 2.24) is 14.9 Å². The van der Waals surface area contributed by atoms with Crippen molar-refractivity contribution in [1.29, 1.82) is 0 Å². The molecule has 5 heteroatoms. The Morgan fingerprint density at radius 2 is 2.25 bits per heavy atom. The maximum absolute atomic E-state index is 11.6. The smallest absolute Gasteiger partial charge is 0.327 e. The van der Waals surface area contributed by atoms with Gasteiger partial charge in [-0.2, -0.15) is 0 Å². The molecule has 1 aromatic carbocycles. The third kappa shape index (κ3) is 2.41. The van der Waals surface area contributed by atoms with E-state index in [1.165, 1.54) is 10.9 Å². The third-order valence-electron chi connectivity index (χ3n) is 2.13. The highest BCUT2D eigenvalue weighted by Gasteiger charge is 2.04. The lowest BCUT2D eigenvalue weighted by Crippen LogP contribution is -2.27. The Morgan fingerprint density at radius 3 is 2.94 bits per heavy atom. The largest absolute Gasteiger partial charge is 0.333 e. The van der Waals surface area contributed by atoms with E-state index in [2.05, 4.69) is 10.3 Å². The Balaban J connectivity index is 1.98. The predicted octanol–water partition coefficient (Wildman–Crippen LogP) is 2.29. The molecule has 1 amide bonds. The molecular formula is C11H10ClN3O. The molecular weight excluding hydrogens is 226 g/mol. The standard InChI is InChI=1S/C11H10ClN3O/c12-10-4-2-1-3-9(10)7-14-11(16)15-6-5-13-8-15/h1-6,8H,7H2,(H,14,16). The zero-order chi connectivity index (χ0) is 11.4. The third-order valence-corrected chi connectivity index (χ3v) is 2.50. The fourth-order valence-corrected chi connectivity index (χ4v) is 1.49. The summed E-state index contributed by atoms with van der Waals surface area (Å²) in [6.45, 7) is 0.399. The highest BCUT2D eigenvalue weighted by atomic mass is 35.5. The minimum atomic E-state index is -0.225. The summed E-state index contributed by atoms with van der Waals surface area (Å²) in [5.74, 6) is 0. The number of amides is 1. The summed E-state index contributed by atoms with van der Waals surface area (Å²) < 4.78 is 1.37. The molecule has 0 aliphatic carbocycles. The highest BCUT2D eigenvalue weighted by Crippen LogP contribution is 2.14. The van der Waals surface area contributed by atoms with Crippen LogP contribution in [0, 0.1) is 0 Å². The molecule has 1 aromatic heterocycles. The van der Waals surface area contributed by atoms with Gasteiger partial charge in [0.05, 0.1) is 0 Å². The number of benzene rings is 1. The van der Waals surface area contributed by atoms with Crippen LogP contribution in [0.15, 0.2) is 43.0 Å². The van der Waals surface area contributed by atoms with Crippen molar-refractivity contribution < 1.29 is 4.79 Å². The number of carbonyl (C=O) groups is 1. The second-order valence-corrected chi connectivity index (χ2v) is 3.63. The number of aromatic nitrogens is 2. The number of hydrogen-bond acceptors (Lipinski definition) is 2. The van der Waals surface area contributed by atoms with Crippen molar-refractivity contribution in [2.45, 2.75) is 6.54 Å². The van der Waals surface area contributed by atoms with Gasteiger partial charge in [0, 0.05) is 24.0 Å². The van der Waals surface area contributed by atoms with E-state index in [0.29, 0.717) is 11.6 Å². The number of halogens is 1. The number of imidazole rings is 1. The van der Waals surface area contributed by atoms with Crippen LogP contribution in [-0.4, -0.2) is 15.6 Å².